The van der Waals surface area contributed by atoms with Gasteiger partial charge in [0.25, 0.3) is 0 Å². The molecular formula is C17H25NO2. The van der Waals surface area contributed by atoms with E-state index in [9.17, 15) is 4.79 Å². The Bertz CT molecular complexity index is 419. The van der Waals surface area contributed by atoms with Crippen LogP contribution in [0.1, 0.15) is 43.0 Å². The fourth-order valence-corrected chi connectivity index (χ4v) is 2.79. The number of nitrogens with zero attached hydrogens (tertiary/aromatic N) is 1. The number of ether oxygens (including phenoxy) is 1. The standard InChI is InChI=1S/C17H25NO2/c1-3-4-11-18-12-9-15(10-13-18)17(19)14-5-7-16(20-2)8-6-14/h5-8,15H,3-4,9-13H2,1-2H3. The van der Waals surface area contributed by atoms with Gasteiger partial charge >= 0.3 is 0 Å². The Hall–Kier alpha value is -1.35. The molecule has 0 spiro atoms. The summed E-state index contributed by atoms with van der Waals surface area (Å²) in [6.45, 7) is 5.53. The zero-order chi connectivity index (χ0) is 14.4. The molecule has 0 amide bonds. The molecule has 0 saturated carbocycles. The van der Waals surface area contributed by atoms with Crippen molar-refractivity contribution in [3.05, 3.63) is 29.8 Å². The maximum atomic E-state index is 12.5. The highest BCUT2D eigenvalue weighted by Gasteiger charge is 2.25. The molecule has 1 aromatic carbocycles. The molecule has 1 aromatic rings. The summed E-state index contributed by atoms with van der Waals surface area (Å²) in [5, 5.41) is 0. The molecule has 0 unspecified atom stereocenters. The molecule has 0 aliphatic carbocycles. The van der Waals surface area contributed by atoms with Crippen LogP contribution < -0.4 is 4.74 Å². The van der Waals surface area contributed by atoms with E-state index in [1.807, 2.05) is 24.3 Å². The number of rotatable bonds is 6. The number of hydrogen-bond donors (Lipinski definition) is 0. The highest BCUT2D eigenvalue weighted by molar-refractivity contribution is 5.98. The van der Waals surface area contributed by atoms with Crippen molar-refractivity contribution in [2.45, 2.75) is 32.6 Å². The molecule has 0 bridgehead atoms. The lowest BCUT2D eigenvalue weighted by Gasteiger charge is -2.31. The average Bonchev–Trinajstić information content (AvgIpc) is 2.53. The molecule has 1 aliphatic rings. The molecule has 3 nitrogen and oxygen atoms in total. The molecule has 3 heteroatoms. The first-order valence-corrected chi connectivity index (χ1v) is 7.65. The van der Waals surface area contributed by atoms with E-state index < -0.39 is 0 Å². The Morgan fingerprint density at radius 2 is 1.90 bits per heavy atom. The zero-order valence-corrected chi connectivity index (χ0v) is 12.6. The summed E-state index contributed by atoms with van der Waals surface area (Å²) in [5.41, 5.74) is 0.817. The summed E-state index contributed by atoms with van der Waals surface area (Å²) in [6, 6.07) is 7.49. The third kappa shape index (κ3) is 3.83. The third-order valence-electron chi connectivity index (χ3n) is 4.16. The van der Waals surface area contributed by atoms with Crippen LogP contribution in [0.2, 0.25) is 0 Å². The second-order valence-corrected chi connectivity index (χ2v) is 5.56. The molecular weight excluding hydrogens is 250 g/mol. The smallest absolute Gasteiger partial charge is 0.166 e. The molecule has 1 heterocycles. The minimum atomic E-state index is 0.196. The van der Waals surface area contributed by atoms with Crippen LogP contribution in [0.4, 0.5) is 0 Å². The minimum absolute atomic E-state index is 0.196. The van der Waals surface area contributed by atoms with Gasteiger partial charge in [0.2, 0.25) is 0 Å². The number of Topliss-reactive ketones (excluding diaryl/α,β-unsaturated/α-hetero) is 1. The van der Waals surface area contributed by atoms with Crippen LogP contribution in [0.3, 0.4) is 0 Å². The van der Waals surface area contributed by atoms with Crippen LogP contribution in [0.5, 0.6) is 5.75 Å². The summed E-state index contributed by atoms with van der Waals surface area (Å²) in [6.07, 6.45) is 4.49. The Kier molecular flexibility index (Phi) is 5.60. The lowest BCUT2D eigenvalue weighted by Crippen LogP contribution is -2.36. The Balaban J connectivity index is 1.87. The first kappa shape index (κ1) is 15.0. The number of carbonyl (C=O) groups is 1. The molecule has 1 aliphatic heterocycles. The van der Waals surface area contributed by atoms with E-state index in [0.29, 0.717) is 5.78 Å². The van der Waals surface area contributed by atoms with Crippen LogP contribution in [0.25, 0.3) is 0 Å². The molecule has 0 atom stereocenters. The molecule has 1 saturated heterocycles. The summed E-state index contributed by atoms with van der Waals surface area (Å²) < 4.78 is 5.13. The fraction of sp³-hybridized carbons (Fsp3) is 0.588. The predicted molar refractivity (Wildman–Crippen MR) is 81.4 cm³/mol. The second kappa shape index (κ2) is 7.44. The summed E-state index contributed by atoms with van der Waals surface area (Å²) in [4.78, 5) is 14.9. The van der Waals surface area contributed by atoms with E-state index in [-0.39, 0.29) is 5.92 Å². The van der Waals surface area contributed by atoms with Crippen molar-refractivity contribution in [3.63, 3.8) is 0 Å². The van der Waals surface area contributed by atoms with Crippen molar-refractivity contribution < 1.29 is 9.53 Å². The average molecular weight is 275 g/mol. The summed E-state index contributed by atoms with van der Waals surface area (Å²) in [5.74, 6) is 1.29. The van der Waals surface area contributed by atoms with Crippen LogP contribution in [0.15, 0.2) is 24.3 Å². The number of hydrogen-bond acceptors (Lipinski definition) is 3. The second-order valence-electron chi connectivity index (χ2n) is 5.56. The van der Waals surface area contributed by atoms with Crippen LogP contribution in [-0.2, 0) is 0 Å². The van der Waals surface area contributed by atoms with Crippen LogP contribution >= 0.6 is 0 Å². The van der Waals surface area contributed by atoms with E-state index in [1.54, 1.807) is 7.11 Å². The fourth-order valence-electron chi connectivity index (χ4n) is 2.79. The van der Waals surface area contributed by atoms with Crippen molar-refractivity contribution in [1.82, 2.24) is 4.90 Å². The first-order chi connectivity index (χ1) is 9.74. The van der Waals surface area contributed by atoms with E-state index in [2.05, 4.69) is 11.8 Å². The number of benzene rings is 1. The predicted octanol–water partition coefficient (Wildman–Crippen LogP) is 3.39. The van der Waals surface area contributed by atoms with Gasteiger partial charge in [0.15, 0.2) is 5.78 Å². The first-order valence-electron chi connectivity index (χ1n) is 7.65. The number of ketones is 1. The highest BCUT2D eigenvalue weighted by atomic mass is 16.5. The van der Waals surface area contributed by atoms with Crippen molar-refractivity contribution in [2.24, 2.45) is 5.92 Å². The molecule has 0 radical (unpaired) electrons. The van der Waals surface area contributed by atoms with E-state index in [1.165, 1.54) is 19.4 Å². The van der Waals surface area contributed by atoms with Crippen molar-refractivity contribution >= 4 is 5.78 Å². The van der Waals surface area contributed by atoms with Gasteiger partial charge in [-0.05, 0) is 63.2 Å². The number of carbonyl (C=O) groups excluding carboxylic acids is 1. The van der Waals surface area contributed by atoms with Crippen LogP contribution in [-0.4, -0.2) is 37.4 Å². The minimum Gasteiger partial charge on any atom is -0.497 e. The monoisotopic (exact) mass is 275 g/mol. The van der Waals surface area contributed by atoms with Gasteiger partial charge in [0.1, 0.15) is 5.75 Å². The molecule has 20 heavy (non-hydrogen) atoms. The molecule has 0 aromatic heterocycles. The number of likely N-dealkylation sites (tertiary alicyclic amines) is 1. The maximum absolute atomic E-state index is 12.5. The van der Waals surface area contributed by atoms with E-state index in [0.717, 1.165) is 37.2 Å². The molecule has 1 fully saturated rings. The Morgan fingerprint density at radius 1 is 1.25 bits per heavy atom. The van der Waals surface area contributed by atoms with Gasteiger partial charge in [0.05, 0.1) is 7.11 Å². The zero-order valence-electron chi connectivity index (χ0n) is 12.6. The largest absolute Gasteiger partial charge is 0.497 e. The maximum Gasteiger partial charge on any atom is 0.166 e. The Labute approximate surface area is 121 Å². The number of methoxy groups -OCH3 is 1. The normalized spacial score (nSPS) is 17.1. The number of piperidine rings is 1. The quantitative estimate of drug-likeness (QED) is 0.745. The van der Waals surface area contributed by atoms with Crippen molar-refractivity contribution in [3.8, 4) is 5.75 Å². The van der Waals surface area contributed by atoms with Gasteiger partial charge in [-0.3, -0.25) is 4.79 Å². The molecule has 0 N–H and O–H groups in total. The van der Waals surface area contributed by atoms with Crippen molar-refractivity contribution in [2.75, 3.05) is 26.7 Å². The van der Waals surface area contributed by atoms with E-state index in [4.69, 9.17) is 4.74 Å². The lowest BCUT2D eigenvalue weighted by atomic mass is 9.89. The van der Waals surface area contributed by atoms with E-state index >= 15 is 0 Å². The topological polar surface area (TPSA) is 29.5 Å². The lowest BCUT2D eigenvalue weighted by molar-refractivity contribution is 0.0839. The molecule has 110 valence electrons. The number of unbranched alkanes of at least 4 members (excludes halogenated alkanes) is 1. The Morgan fingerprint density at radius 3 is 2.45 bits per heavy atom. The van der Waals surface area contributed by atoms with Crippen LogP contribution in [0, 0.1) is 5.92 Å². The summed E-state index contributed by atoms with van der Waals surface area (Å²) >= 11 is 0. The molecule has 2 rings (SSSR count). The third-order valence-corrected chi connectivity index (χ3v) is 4.16. The van der Waals surface area contributed by atoms with Gasteiger partial charge in [-0.15, -0.1) is 0 Å². The van der Waals surface area contributed by atoms with Crippen molar-refractivity contribution in [1.29, 1.82) is 0 Å². The highest BCUT2D eigenvalue weighted by Crippen LogP contribution is 2.23. The SMILES string of the molecule is CCCCN1CCC(C(=O)c2ccc(OC)cc2)CC1. The van der Waals surface area contributed by atoms with Gasteiger partial charge in [-0.1, -0.05) is 13.3 Å². The van der Waals surface area contributed by atoms with Gasteiger partial charge < -0.3 is 9.64 Å². The van der Waals surface area contributed by atoms with Gasteiger partial charge in [-0.25, -0.2) is 0 Å². The summed E-state index contributed by atoms with van der Waals surface area (Å²) in [7, 11) is 1.64. The van der Waals surface area contributed by atoms with Gasteiger partial charge in [-0.2, -0.15) is 0 Å². The van der Waals surface area contributed by atoms with Gasteiger partial charge in [0, 0.05) is 11.5 Å².